The van der Waals surface area contributed by atoms with Crippen molar-refractivity contribution >= 4 is 17.6 Å². The van der Waals surface area contributed by atoms with E-state index in [-0.39, 0.29) is 17.0 Å². The Labute approximate surface area is 169 Å². The van der Waals surface area contributed by atoms with E-state index >= 15 is 0 Å². The van der Waals surface area contributed by atoms with Crippen molar-refractivity contribution in [1.82, 2.24) is 0 Å². The molecule has 0 fully saturated rings. The monoisotopic (exact) mass is 399 g/mol. The summed E-state index contributed by atoms with van der Waals surface area (Å²) in [7, 11) is 0. The molecule has 0 aliphatic carbocycles. The molecule has 0 amide bonds. The lowest BCUT2D eigenvalue weighted by Crippen LogP contribution is -2.10. The number of nitro groups is 1. The van der Waals surface area contributed by atoms with E-state index in [9.17, 15) is 19.7 Å². The van der Waals surface area contributed by atoms with E-state index in [2.05, 4.69) is 6.92 Å². The molecule has 0 saturated carbocycles. The largest absolute Gasteiger partial charge is 0.462 e. The molecule has 0 aromatic heterocycles. The van der Waals surface area contributed by atoms with Crippen molar-refractivity contribution in [3.63, 3.8) is 0 Å². The van der Waals surface area contributed by atoms with Crippen molar-refractivity contribution in [3.05, 3.63) is 69.8 Å². The molecule has 0 N–H and O–H groups in total. The van der Waals surface area contributed by atoms with Crippen LogP contribution in [0, 0.1) is 10.1 Å². The van der Waals surface area contributed by atoms with E-state index in [4.69, 9.17) is 9.47 Å². The lowest BCUT2D eigenvalue weighted by molar-refractivity contribution is -0.384. The second-order valence-electron chi connectivity index (χ2n) is 6.62. The Bertz CT molecular complexity index is 814. The smallest absolute Gasteiger partial charge is 0.343 e. The Hall–Kier alpha value is -3.22. The zero-order valence-corrected chi connectivity index (χ0v) is 16.5. The third-order valence-corrected chi connectivity index (χ3v) is 4.35. The molecule has 0 radical (unpaired) electrons. The minimum atomic E-state index is -0.620. The Balaban J connectivity index is 1.80. The second kappa shape index (κ2) is 11.6. The fourth-order valence-electron chi connectivity index (χ4n) is 2.67. The summed E-state index contributed by atoms with van der Waals surface area (Å²) in [5.74, 6) is -0.845. The Morgan fingerprint density at radius 1 is 0.828 bits per heavy atom. The third-order valence-electron chi connectivity index (χ3n) is 4.35. The van der Waals surface area contributed by atoms with E-state index in [0.29, 0.717) is 12.2 Å². The minimum absolute atomic E-state index is 0.0892. The first-order chi connectivity index (χ1) is 14.0. The zero-order chi connectivity index (χ0) is 21.1. The van der Waals surface area contributed by atoms with Crippen LogP contribution in [0.2, 0.25) is 0 Å². The lowest BCUT2D eigenvalue weighted by Gasteiger charge is -2.07. The summed E-state index contributed by atoms with van der Waals surface area (Å²) in [4.78, 5) is 34.3. The maximum absolute atomic E-state index is 12.2. The Kier molecular flexibility index (Phi) is 8.82. The topological polar surface area (TPSA) is 95.7 Å². The van der Waals surface area contributed by atoms with Gasteiger partial charge in [-0.15, -0.1) is 0 Å². The summed E-state index contributed by atoms with van der Waals surface area (Å²) in [6.07, 6.45) is 6.68. The van der Waals surface area contributed by atoms with Gasteiger partial charge < -0.3 is 9.47 Å². The number of benzene rings is 2. The molecule has 0 unspecified atom stereocenters. The number of nitro benzene ring substituents is 1. The van der Waals surface area contributed by atoms with Crippen molar-refractivity contribution in [2.45, 2.75) is 45.4 Å². The first-order valence-electron chi connectivity index (χ1n) is 9.75. The third kappa shape index (κ3) is 7.37. The van der Waals surface area contributed by atoms with E-state index in [0.717, 1.165) is 19.3 Å². The quantitative estimate of drug-likeness (QED) is 0.167. The van der Waals surface area contributed by atoms with Crippen LogP contribution in [0.4, 0.5) is 5.69 Å². The first kappa shape index (κ1) is 22.1. The first-order valence-corrected chi connectivity index (χ1v) is 9.75. The van der Waals surface area contributed by atoms with Crippen LogP contribution in [0.15, 0.2) is 48.5 Å². The van der Waals surface area contributed by atoms with Gasteiger partial charge in [-0.2, -0.15) is 0 Å². The molecule has 0 saturated heterocycles. The number of carbonyl (C=O) groups excluding carboxylic acids is 2. The molecule has 0 bridgehead atoms. The number of rotatable bonds is 11. The van der Waals surface area contributed by atoms with Crippen molar-refractivity contribution < 1.29 is 24.0 Å². The fourth-order valence-corrected chi connectivity index (χ4v) is 2.67. The van der Waals surface area contributed by atoms with Gasteiger partial charge >= 0.3 is 11.9 Å². The second-order valence-corrected chi connectivity index (χ2v) is 6.62. The highest BCUT2D eigenvalue weighted by atomic mass is 16.6. The number of hydrogen-bond acceptors (Lipinski definition) is 6. The van der Waals surface area contributed by atoms with E-state index in [1.54, 1.807) is 0 Å². The highest BCUT2D eigenvalue weighted by molar-refractivity contribution is 5.94. The van der Waals surface area contributed by atoms with Gasteiger partial charge in [-0.1, -0.05) is 39.0 Å². The van der Waals surface area contributed by atoms with Gasteiger partial charge in [0.1, 0.15) is 5.75 Å². The van der Waals surface area contributed by atoms with Crippen LogP contribution in [-0.4, -0.2) is 23.5 Å². The predicted octanol–water partition coefficient (Wildman–Crippen LogP) is 5.33. The van der Waals surface area contributed by atoms with Crippen LogP contribution in [0.1, 0.15) is 66.2 Å². The molecule has 154 valence electrons. The summed E-state index contributed by atoms with van der Waals surface area (Å²) in [5, 5.41) is 10.6. The van der Waals surface area contributed by atoms with E-state index in [1.807, 2.05) is 0 Å². The van der Waals surface area contributed by atoms with Crippen LogP contribution in [0.5, 0.6) is 5.75 Å². The van der Waals surface area contributed by atoms with Crippen molar-refractivity contribution in [3.8, 4) is 5.75 Å². The van der Waals surface area contributed by atoms with Crippen molar-refractivity contribution in [1.29, 1.82) is 0 Å². The van der Waals surface area contributed by atoms with Gasteiger partial charge in [0.15, 0.2) is 0 Å². The molecule has 2 aromatic carbocycles. The summed E-state index contributed by atoms with van der Waals surface area (Å²) < 4.78 is 10.4. The number of carbonyl (C=O) groups is 2. The minimum Gasteiger partial charge on any atom is -0.462 e. The molecule has 0 atom stereocenters. The highest BCUT2D eigenvalue weighted by Crippen LogP contribution is 2.19. The van der Waals surface area contributed by atoms with E-state index < -0.39 is 16.9 Å². The molecule has 0 spiro atoms. The average Bonchev–Trinajstić information content (AvgIpc) is 2.73. The van der Waals surface area contributed by atoms with Gasteiger partial charge in [-0.25, -0.2) is 9.59 Å². The van der Waals surface area contributed by atoms with Crippen LogP contribution in [-0.2, 0) is 4.74 Å². The van der Waals surface area contributed by atoms with Crippen LogP contribution in [0.3, 0.4) is 0 Å². The molecule has 29 heavy (non-hydrogen) atoms. The van der Waals surface area contributed by atoms with Gasteiger partial charge in [-0.3, -0.25) is 10.1 Å². The van der Waals surface area contributed by atoms with Gasteiger partial charge in [-0.05, 0) is 42.8 Å². The normalized spacial score (nSPS) is 10.4. The number of ether oxygens (including phenoxy) is 2. The summed E-state index contributed by atoms with van der Waals surface area (Å²) in [6.45, 7) is 2.55. The molecule has 7 heteroatoms. The van der Waals surface area contributed by atoms with Crippen LogP contribution < -0.4 is 4.74 Å². The van der Waals surface area contributed by atoms with Gasteiger partial charge in [0.25, 0.3) is 5.69 Å². The molecular weight excluding hydrogens is 374 g/mol. The fraction of sp³-hybridized carbons (Fsp3) is 0.364. The number of unbranched alkanes of at least 4 members (excludes halogenated alkanes) is 5. The number of hydrogen-bond donors (Lipinski definition) is 0. The molecular formula is C22H25NO6. The SMILES string of the molecule is CCCCCCCCOC(=O)c1ccc(C(=O)Oc2ccc([N+](=O)[O-])cc2)cc1. The van der Waals surface area contributed by atoms with Gasteiger partial charge in [0, 0.05) is 12.1 Å². The average molecular weight is 399 g/mol. The molecule has 2 rings (SSSR count). The summed E-state index contributed by atoms with van der Waals surface area (Å²) in [6, 6.07) is 11.2. The maximum Gasteiger partial charge on any atom is 0.343 e. The summed E-state index contributed by atoms with van der Waals surface area (Å²) >= 11 is 0. The molecule has 0 aliphatic heterocycles. The molecule has 2 aromatic rings. The summed E-state index contributed by atoms with van der Waals surface area (Å²) in [5.41, 5.74) is 0.535. The molecule has 0 heterocycles. The van der Waals surface area contributed by atoms with Crippen molar-refractivity contribution in [2.24, 2.45) is 0 Å². The van der Waals surface area contributed by atoms with Crippen LogP contribution in [0.25, 0.3) is 0 Å². The standard InChI is InChI=1S/C22H25NO6/c1-2-3-4-5-6-7-16-28-21(24)17-8-10-18(11-9-17)22(25)29-20-14-12-19(13-15-20)23(26)27/h8-15H,2-7,16H2,1H3. The highest BCUT2D eigenvalue weighted by Gasteiger charge is 2.13. The predicted molar refractivity (Wildman–Crippen MR) is 108 cm³/mol. The zero-order valence-electron chi connectivity index (χ0n) is 16.5. The number of nitrogens with zero attached hydrogens (tertiary/aromatic N) is 1. The molecule has 0 aliphatic rings. The number of esters is 2. The Morgan fingerprint density at radius 3 is 1.97 bits per heavy atom. The van der Waals surface area contributed by atoms with Gasteiger partial charge in [0.2, 0.25) is 0 Å². The van der Waals surface area contributed by atoms with Crippen LogP contribution >= 0.6 is 0 Å². The Morgan fingerprint density at radius 2 is 1.38 bits per heavy atom. The maximum atomic E-state index is 12.2. The van der Waals surface area contributed by atoms with Gasteiger partial charge in [0.05, 0.1) is 22.7 Å². The number of non-ortho nitro benzene ring substituents is 1. The van der Waals surface area contributed by atoms with Crippen molar-refractivity contribution in [2.75, 3.05) is 6.61 Å². The molecule has 7 nitrogen and oxygen atoms in total. The van der Waals surface area contributed by atoms with E-state index in [1.165, 1.54) is 67.8 Å². The lowest BCUT2D eigenvalue weighted by atomic mass is 10.1.